The maximum Gasteiger partial charge on any atom is 0.127 e. The Morgan fingerprint density at radius 1 is 1.05 bits per heavy atom. The van der Waals surface area contributed by atoms with E-state index in [0.717, 1.165) is 11.1 Å². The first-order valence-corrected chi connectivity index (χ1v) is 6.68. The predicted molar refractivity (Wildman–Crippen MR) is 78.2 cm³/mol. The lowest BCUT2D eigenvalue weighted by molar-refractivity contribution is 0.384. The Balaban J connectivity index is 2.31. The highest BCUT2D eigenvalue weighted by Gasteiger charge is 2.19. The molecule has 0 aromatic heterocycles. The fourth-order valence-corrected chi connectivity index (χ4v) is 2.55. The van der Waals surface area contributed by atoms with Gasteiger partial charge < -0.3 is 9.47 Å². The van der Waals surface area contributed by atoms with Crippen molar-refractivity contribution in [2.45, 2.75) is 11.8 Å². The highest BCUT2D eigenvalue weighted by Crippen LogP contribution is 2.39. The van der Waals surface area contributed by atoms with Crippen LogP contribution in [0.4, 0.5) is 4.39 Å². The summed E-state index contributed by atoms with van der Waals surface area (Å²) in [5.41, 5.74) is 1.61. The molecular weight excluding hydrogens is 279 g/mol. The van der Waals surface area contributed by atoms with Gasteiger partial charge in [0.15, 0.2) is 0 Å². The molecule has 2 rings (SSSR count). The van der Waals surface area contributed by atoms with Crippen molar-refractivity contribution in [3.8, 4) is 11.5 Å². The fourth-order valence-electron chi connectivity index (χ4n) is 2.16. The summed E-state index contributed by atoms with van der Waals surface area (Å²) >= 11 is 6.48. The Morgan fingerprint density at radius 2 is 1.65 bits per heavy atom. The zero-order valence-electron chi connectivity index (χ0n) is 11.4. The number of ether oxygens (including phenoxy) is 2. The van der Waals surface area contributed by atoms with Crippen LogP contribution in [0.2, 0.25) is 0 Å². The molecule has 0 bridgehead atoms. The summed E-state index contributed by atoms with van der Waals surface area (Å²) < 4.78 is 23.9. The van der Waals surface area contributed by atoms with Crippen molar-refractivity contribution >= 4 is 11.6 Å². The van der Waals surface area contributed by atoms with Crippen molar-refractivity contribution in [1.29, 1.82) is 0 Å². The number of methoxy groups -OCH3 is 2. The number of hydrogen-bond donors (Lipinski definition) is 0. The molecule has 0 saturated heterocycles. The molecule has 0 amide bonds. The smallest absolute Gasteiger partial charge is 0.127 e. The summed E-state index contributed by atoms with van der Waals surface area (Å²) in [6.07, 6.45) is 0.496. The normalized spacial score (nSPS) is 12.0. The zero-order valence-corrected chi connectivity index (χ0v) is 12.2. The molecule has 0 spiro atoms. The average Bonchev–Trinajstić information content (AvgIpc) is 2.46. The van der Waals surface area contributed by atoms with E-state index < -0.39 is 0 Å². The molecular formula is C16H16ClFO2. The first kappa shape index (κ1) is 14.7. The van der Waals surface area contributed by atoms with E-state index >= 15 is 0 Å². The quantitative estimate of drug-likeness (QED) is 0.763. The number of benzene rings is 2. The Hall–Kier alpha value is -1.74. The summed E-state index contributed by atoms with van der Waals surface area (Å²) in [5.74, 6) is 1.07. The lowest BCUT2D eigenvalue weighted by Crippen LogP contribution is -2.02. The molecule has 106 valence electrons. The van der Waals surface area contributed by atoms with Crippen LogP contribution in [0.25, 0.3) is 0 Å². The van der Waals surface area contributed by atoms with Crippen molar-refractivity contribution in [3.63, 3.8) is 0 Å². The molecule has 0 heterocycles. The van der Waals surface area contributed by atoms with Gasteiger partial charge in [-0.05, 0) is 36.2 Å². The van der Waals surface area contributed by atoms with Crippen molar-refractivity contribution in [1.82, 2.24) is 0 Å². The minimum atomic E-state index is -0.358. The molecule has 0 N–H and O–H groups in total. The maximum atomic E-state index is 13.2. The minimum absolute atomic E-state index is 0.265. The van der Waals surface area contributed by atoms with Crippen molar-refractivity contribution in [2.75, 3.05) is 14.2 Å². The van der Waals surface area contributed by atoms with Crippen LogP contribution in [0.15, 0.2) is 42.5 Å². The number of halogens is 2. The van der Waals surface area contributed by atoms with Gasteiger partial charge in [-0.1, -0.05) is 18.2 Å². The van der Waals surface area contributed by atoms with Crippen LogP contribution in [-0.4, -0.2) is 14.2 Å². The molecule has 1 unspecified atom stereocenters. The van der Waals surface area contributed by atoms with Crippen LogP contribution in [-0.2, 0) is 6.42 Å². The van der Waals surface area contributed by atoms with Gasteiger partial charge in [0.2, 0.25) is 0 Å². The van der Waals surface area contributed by atoms with Gasteiger partial charge in [-0.3, -0.25) is 0 Å². The highest BCUT2D eigenvalue weighted by atomic mass is 35.5. The van der Waals surface area contributed by atoms with Crippen LogP contribution in [0.1, 0.15) is 16.5 Å². The molecule has 2 nitrogen and oxygen atoms in total. The lowest BCUT2D eigenvalue weighted by atomic mass is 10.0. The van der Waals surface area contributed by atoms with Crippen molar-refractivity contribution < 1.29 is 13.9 Å². The Morgan fingerprint density at radius 3 is 2.20 bits per heavy atom. The van der Waals surface area contributed by atoms with E-state index in [1.807, 2.05) is 24.3 Å². The molecule has 0 radical (unpaired) electrons. The van der Waals surface area contributed by atoms with E-state index in [2.05, 4.69) is 0 Å². The number of alkyl halides is 1. The Labute approximate surface area is 123 Å². The lowest BCUT2D eigenvalue weighted by Gasteiger charge is -2.17. The molecule has 20 heavy (non-hydrogen) atoms. The summed E-state index contributed by atoms with van der Waals surface area (Å²) in [7, 11) is 3.17. The van der Waals surface area contributed by atoms with E-state index in [1.165, 1.54) is 12.1 Å². The Bertz CT molecular complexity index is 564. The van der Waals surface area contributed by atoms with Crippen LogP contribution in [0, 0.1) is 5.82 Å². The second-order valence-corrected chi connectivity index (χ2v) is 4.90. The number of rotatable bonds is 5. The SMILES string of the molecule is COc1cccc(OC)c1C(Cl)Cc1cccc(F)c1. The second-order valence-electron chi connectivity index (χ2n) is 4.38. The zero-order chi connectivity index (χ0) is 14.5. The second kappa shape index (κ2) is 6.62. The van der Waals surface area contributed by atoms with Gasteiger partial charge in [-0.25, -0.2) is 4.39 Å². The third-order valence-corrected chi connectivity index (χ3v) is 3.46. The first-order chi connectivity index (χ1) is 9.65. The molecule has 0 saturated carbocycles. The average molecular weight is 295 g/mol. The standard InChI is InChI=1S/C16H16ClFO2/c1-19-14-7-4-8-15(20-2)16(14)13(17)10-11-5-3-6-12(18)9-11/h3-9,13H,10H2,1-2H3. The first-order valence-electron chi connectivity index (χ1n) is 6.25. The summed E-state index contributed by atoms with van der Waals surface area (Å²) in [5, 5.41) is -0.358. The molecule has 0 aliphatic rings. The molecule has 0 aliphatic heterocycles. The van der Waals surface area contributed by atoms with Gasteiger partial charge in [-0.15, -0.1) is 11.6 Å². The number of hydrogen-bond acceptors (Lipinski definition) is 2. The van der Waals surface area contributed by atoms with Gasteiger partial charge in [-0.2, -0.15) is 0 Å². The predicted octanol–water partition coefficient (Wildman–Crippen LogP) is 4.37. The van der Waals surface area contributed by atoms with Gasteiger partial charge >= 0.3 is 0 Å². The van der Waals surface area contributed by atoms with Gasteiger partial charge in [0.1, 0.15) is 17.3 Å². The fraction of sp³-hybridized carbons (Fsp3) is 0.250. The van der Waals surface area contributed by atoms with E-state index in [4.69, 9.17) is 21.1 Å². The van der Waals surface area contributed by atoms with Gasteiger partial charge in [0.05, 0.1) is 25.2 Å². The highest BCUT2D eigenvalue weighted by molar-refractivity contribution is 6.21. The molecule has 2 aromatic carbocycles. The molecule has 0 aliphatic carbocycles. The van der Waals surface area contributed by atoms with Crippen molar-refractivity contribution in [3.05, 3.63) is 59.4 Å². The van der Waals surface area contributed by atoms with Crippen LogP contribution in [0.5, 0.6) is 11.5 Å². The van der Waals surface area contributed by atoms with Crippen molar-refractivity contribution in [2.24, 2.45) is 0 Å². The molecule has 0 fully saturated rings. The van der Waals surface area contributed by atoms with E-state index in [9.17, 15) is 4.39 Å². The maximum absolute atomic E-state index is 13.2. The third-order valence-electron chi connectivity index (χ3n) is 3.08. The summed E-state index contributed by atoms with van der Waals surface area (Å²) in [6, 6.07) is 11.9. The van der Waals surface area contributed by atoms with E-state index in [1.54, 1.807) is 20.3 Å². The monoisotopic (exact) mass is 294 g/mol. The van der Waals surface area contributed by atoms with Crippen LogP contribution >= 0.6 is 11.6 Å². The van der Waals surface area contributed by atoms with Crippen LogP contribution in [0.3, 0.4) is 0 Å². The minimum Gasteiger partial charge on any atom is -0.496 e. The van der Waals surface area contributed by atoms with Gasteiger partial charge in [0.25, 0.3) is 0 Å². The van der Waals surface area contributed by atoms with E-state index in [-0.39, 0.29) is 11.2 Å². The third kappa shape index (κ3) is 3.23. The Kier molecular flexibility index (Phi) is 4.85. The molecule has 1 atom stereocenters. The summed E-state index contributed by atoms with van der Waals surface area (Å²) in [4.78, 5) is 0. The molecule has 4 heteroatoms. The van der Waals surface area contributed by atoms with E-state index in [0.29, 0.717) is 17.9 Å². The molecule has 2 aromatic rings. The van der Waals surface area contributed by atoms with Crippen LogP contribution < -0.4 is 9.47 Å². The largest absolute Gasteiger partial charge is 0.496 e. The summed E-state index contributed by atoms with van der Waals surface area (Å²) in [6.45, 7) is 0. The topological polar surface area (TPSA) is 18.5 Å². The van der Waals surface area contributed by atoms with Gasteiger partial charge in [0, 0.05) is 0 Å².